The number of fused-ring (bicyclic) bond motifs is 1. The van der Waals surface area contributed by atoms with Gasteiger partial charge in [0, 0.05) is 30.5 Å². The molecule has 1 unspecified atom stereocenters. The Bertz CT molecular complexity index is 773. The van der Waals surface area contributed by atoms with Crippen LogP contribution in [0.25, 0.3) is 0 Å². The molecule has 2 aromatic rings. The lowest BCUT2D eigenvalue weighted by Crippen LogP contribution is -2.36. The molecule has 1 heterocycles. The summed E-state index contributed by atoms with van der Waals surface area (Å²) in [6.07, 6.45) is 0.959. The van der Waals surface area contributed by atoms with E-state index in [4.69, 9.17) is 11.6 Å². The van der Waals surface area contributed by atoms with Gasteiger partial charge in [-0.3, -0.25) is 9.59 Å². The maximum absolute atomic E-state index is 12.7. The van der Waals surface area contributed by atoms with Crippen molar-refractivity contribution < 1.29 is 14.7 Å². The van der Waals surface area contributed by atoms with E-state index in [1.165, 1.54) is 11.1 Å². The lowest BCUT2D eigenvalue weighted by molar-refractivity contribution is -0.138. The van der Waals surface area contributed by atoms with Gasteiger partial charge in [0.1, 0.15) is 0 Å². The molecule has 0 aromatic heterocycles. The number of nitrogens with zero attached hydrogens (tertiary/aromatic N) is 1. The first kappa shape index (κ1) is 17.5. The molecule has 1 N–H and O–H groups in total. The molecule has 0 aliphatic carbocycles. The second kappa shape index (κ2) is 7.70. The Morgan fingerprint density at radius 1 is 1.04 bits per heavy atom. The van der Waals surface area contributed by atoms with Crippen LogP contribution < -0.4 is 0 Å². The molecule has 1 aliphatic rings. The molecule has 130 valence electrons. The summed E-state index contributed by atoms with van der Waals surface area (Å²) >= 11 is 5.91. The van der Waals surface area contributed by atoms with Crippen LogP contribution in [0.3, 0.4) is 0 Å². The van der Waals surface area contributed by atoms with Gasteiger partial charge in [0.2, 0.25) is 5.91 Å². The van der Waals surface area contributed by atoms with Crippen molar-refractivity contribution in [2.45, 2.75) is 31.7 Å². The monoisotopic (exact) mass is 357 g/mol. The van der Waals surface area contributed by atoms with Crippen molar-refractivity contribution in [3.8, 4) is 0 Å². The van der Waals surface area contributed by atoms with Gasteiger partial charge in [-0.25, -0.2) is 0 Å². The molecular weight excluding hydrogens is 338 g/mol. The van der Waals surface area contributed by atoms with Crippen LogP contribution in [-0.2, 0) is 22.6 Å². The molecule has 0 saturated carbocycles. The van der Waals surface area contributed by atoms with E-state index in [2.05, 4.69) is 6.07 Å². The molecule has 1 amide bonds. The van der Waals surface area contributed by atoms with Gasteiger partial charge in [-0.1, -0.05) is 48.0 Å². The predicted molar refractivity (Wildman–Crippen MR) is 96.6 cm³/mol. The number of carboxylic acid groups (broad SMARTS) is 1. The lowest BCUT2D eigenvalue weighted by atomic mass is 9.91. The van der Waals surface area contributed by atoms with Crippen LogP contribution in [0.4, 0.5) is 0 Å². The van der Waals surface area contributed by atoms with Gasteiger partial charge in [-0.05, 0) is 35.2 Å². The van der Waals surface area contributed by atoms with Crippen LogP contribution in [0.2, 0.25) is 5.02 Å². The Labute approximate surface area is 152 Å². The minimum Gasteiger partial charge on any atom is -0.481 e. The fourth-order valence-electron chi connectivity index (χ4n) is 3.30. The Kier molecular flexibility index (Phi) is 5.39. The maximum Gasteiger partial charge on any atom is 0.303 e. The molecule has 0 radical (unpaired) electrons. The summed E-state index contributed by atoms with van der Waals surface area (Å²) in [5.74, 6) is -1.26. The zero-order chi connectivity index (χ0) is 17.8. The number of carboxylic acids is 1. The number of benzene rings is 2. The fraction of sp³-hybridized carbons (Fsp3) is 0.300. The number of aliphatic carboxylic acids is 1. The number of carbonyl (C=O) groups excluding carboxylic acids is 1. The van der Waals surface area contributed by atoms with E-state index in [0.717, 1.165) is 12.0 Å². The lowest BCUT2D eigenvalue weighted by Gasteiger charge is -2.30. The number of hydrogen-bond donors (Lipinski definition) is 1. The van der Waals surface area contributed by atoms with E-state index in [1.54, 1.807) is 24.3 Å². The molecule has 0 fully saturated rings. The largest absolute Gasteiger partial charge is 0.481 e. The van der Waals surface area contributed by atoms with Crippen molar-refractivity contribution in [3.63, 3.8) is 0 Å². The third-order valence-electron chi connectivity index (χ3n) is 4.67. The Morgan fingerprint density at radius 3 is 2.40 bits per heavy atom. The van der Waals surface area contributed by atoms with Crippen LogP contribution in [0.15, 0.2) is 48.5 Å². The Morgan fingerprint density at radius 2 is 1.72 bits per heavy atom. The second-order valence-corrected chi connectivity index (χ2v) is 6.82. The van der Waals surface area contributed by atoms with Crippen LogP contribution in [0.1, 0.15) is 35.4 Å². The second-order valence-electron chi connectivity index (χ2n) is 6.38. The molecule has 1 aliphatic heterocycles. The molecule has 0 spiro atoms. The minimum absolute atomic E-state index is 0.00398. The van der Waals surface area contributed by atoms with Gasteiger partial charge >= 0.3 is 5.97 Å². The Hall–Kier alpha value is -2.33. The summed E-state index contributed by atoms with van der Waals surface area (Å²) in [4.78, 5) is 25.8. The van der Waals surface area contributed by atoms with Crippen molar-refractivity contribution in [1.82, 2.24) is 4.90 Å². The van der Waals surface area contributed by atoms with Crippen molar-refractivity contribution in [2.75, 3.05) is 6.54 Å². The number of amides is 1. The molecule has 0 bridgehead atoms. The van der Waals surface area contributed by atoms with E-state index in [9.17, 15) is 14.7 Å². The highest BCUT2D eigenvalue weighted by Gasteiger charge is 2.25. The SMILES string of the molecule is O=C(O)CC(CC(=O)N1CCc2ccccc2C1)c1ccc(Cl)cc1. The fourth-order valence-corrected chi connectivity index (χ4v) is 3.43. The van der Waals surface area contributed by atoms with Crippen molar-refractivity contribution in [2.24, 2.45) is 0 Å². The standard InChI is InChI=1S/C20H20ClNO3/c21-18-7-5-15(6-8-18)17(12-20(24)25)11-19(23)22-10-9-14-3-1-2-4-16(14)13-22/h1-8,17H,9-13H2,(H,24,25). The summed E-state index contributed by atoms with van der Waals surface area (Å²) < 4.78 is 0. The van der Waals surface area contributed by atoms with Crippen molar-refractivity contribution in [3.05, 3.63) is 70.2 Å². The smallest absolute Gasteiger partial charge is 0.303 e. The van der Waals surface area contributed by atoms with Crippen molar-refractivity contribution >= 4 is 23.5 Å². The maximum atomic E-state index is 12.7. The van der Waals surface area contributed by atoms with E-state index >= 15 is 0 Å². The molecular formula is C20H20ClNO3. The normalized spacial score (nSPS) is 14.7. The summed E-state index contributed by atoms with van der Waals surface area (Å²) in [6, 6.07) is 15.2. The van der Waals surface area contributed by atoms with E-state index < -0.39 is 5.97 Å². The molecule has 2 aromatic carbocycles. The third-order valence-corrected chi connectivity index (χ3v) is 4.92. The van der Waals surface area contributed by atoms with E-state index in [0.29, 0.717) is 18.1 Å². The topological polar surface area (TPSA) is 57.6 Å². The first-order valence-corrected chi connectivity index (χ1v) is 8.72. The minimum atomic E-state index is -0.906. The number of carbonyl (C=O) groups is 2. The van der Waals surface area contributed by atoms with Gasteiger partial charge in [0.25, 0.3) is 0 Å². The number of hydrogen-bond acceptors (Lipinski definition) is 2. The predicted octanol–water partition coefficient (Wildman–Crippen LogP) is 3.87. The first-order chi connectivity index (χ1) is 12.0. The Balaban J connectivity index is 1.72. The molecule has 5 heteroatoms. The van der Waals surface area contributed by atoms with E-state index in [1.807, 2.05) is 23.1 Å². The average Bonchev–Trinajstić information content (AvgIpc) is 2.61. The molecule has 0 saturated heterocycles. The highest BCUT2D eigenvalue weighted by atomic mass is 35.5. The van der Waals surface area contributed by atoms with Crippen LogP contribution in [-0.4, -0.2) is 28.4 Å². The third kappa shape index (κ3) is 4.40. The van der Waals surface area contributed by atoms with Crippen LogP contribution in [0.5, 0.6) is 0 Å². The quantitative estimate of drug-likeness (QED) is 0.883. The van der Waals surface area contributed by atoms with Gasteiger partial charge in [-0.2, -0.15) is 0 Å². The van der Waals surface area contributed by atoms with Gasteiger partial charge < -0.3 is 10.0 Å². The van der Waals surface area contributed by atoms with Crippen LogP contribution in [0, 0.1) is 0 Å². The molecule has 4 nitrogen and oxygen atoms in total. The summed E-state index contributed by atoms with van der Waals surface area (Å²) in [6.45, 7) is 1.27. The highest BCUT2D eigenvalue weighted by Crippen LogP contribution is 2.27. The zero-order valence-electron chi connectivity index (χ0n) is 13.8. The summed E-state index contributed by atoms with van der Waals surface area (Å²) in [5, 5.41) is 9.80. The van der Waals surface area contributed by atoms with Gasteiger partial charge in [-0.15, -0.1) is 0 Å². The summed E-state index contributed by atoms with van der Waals surface area (Å²) in [5.41, 5.74) is 3.28. The van der Waals surface area contributed by atoms with Gasteiger partial charge in [0.15, 0.2) is 0 Å². The molecule has 25 heavy (non-hydrogen) atoms. The van der Waals surface area contributed by atoms with Gasteiger partial charge in [0.05, 0.1) is 6.42 Å². The van der Waals surface area contributed by atoms with Crippen molar-refractivity contribution in [1.29, 1.82) is 0 Å². The average molecular weight is 358 g/mol. The molecule has 3 rings (SSSR count). The van der Waals surface area contributed by atoms with Crippen LogP contribution >= 0.6 is 11.6 Å². The number of rotatable bonds is 5. The van der Waals surface area contributed by atoms with E-state index in [-0.39, 0.29) is 24.7 Å². The zero-order valence-corrected chi connectivity index (χ0v) is 14.6. The highest BCUT2D eigenvalue weighted by molar-refractivity contribution is 6.30. The molecule has 1 atom stereocenters. The summed E-state index contributed by atoms with van der Waals surface area (Å²) in [7, 11) is 0. The first-order valence-electron chi connectivity index (χ1n) is 8.35. The number of halogens is 1.